The molecule has 0 fully saturated rings. The molecule has 0 unspecified atom stereocenters. The van der Waals surface area contributed by atoms with Crippen LogP contribution in [0.4, 0.5) is 0 Å². The minimum atomic E-state index is -0.524. The van der Waals surface area contributed by atoms with Crippen molar-refractivity contribution in [1.29, 1.82) is 0 Å². The Morgan fingerprint density at radius 2 is 1.86 bits per heavy atom. The van der Waals surface area contributed by atoms with Gasteiger partial charge in [0.15, 0.2) is 0 Å². The normalized spacial score (nSPS) is 10.2. The molecule has 21 heavy (non-hydrogen) atoms. The van der Waals surface area contributed by atoms with Crippen molar-refractivity contribution in [3.8, 4) is 0 Å². The maximum absolute atomic E-state index is 11.7. The van der Waals surface area contributed by atoms with Gasteiger partial charge in [0.25, 0.3) is 11.8 Å². The predicted octanol–water partition coefficient (Wildman–Crippen LogP) is 0.0596. The molecule has 0 spiro atoms. The number of carbonyl (C=O) groups is 2. The van der Waals surface area contributed by atoms with Gasteiger partial charge in [-0.1, -0.05) is 0 Å². The maximum atomic E-state index is 11.7. The average molecular weight is 288 g/mol. The molecule has 2 aromatic heterocycles. The third kappa shape index (κ3) is 3.85. The number of nitrogens with one attached hydrogen (secondary N) is 2. The van der Waals surface area contributed by atoms with Gasteiger partial charge in [-0.15, -0.1) is 0 Å². The summed E-state index contributed by atoms with van der Waals surface area (Å²) in [6.07, 6.45) is 2.82. The van der Waals surface area contributed by atoms with E-state index in [1.54, 1.807) is 11.6 Å². The third-order valence-electron chi connectivity index (χ3n) is 2.73. The van der Waals surface area contributed by atoms with Crippen LogP contribution < -0.4 is 10.9 Å². The van der Waals surface area contributed by atoms with E-state index in [0.29, 0.717) is 5.69 Å². The lowest BCUT2D eigenvalue weighted by Crippen LogP contribution is -2.43. The SMILES string of the molecule is Cc1cnc(C(=O)NNC(=O)Cn2nc(C)cc2C)cn1. The molecule has 2 rings (SSSR count). The molecule has 2 aromatic rings. The highest BCUT2D eigenvalue weighted by Gasteiger charge is 2.10. The summed E-state index contributed by atoms with van der Waals surface area (Å²) < 4.78 is 1.56. The van der Waals surface area contributed by atoms with Gasteiger partial charge in [0, 0.05) is 11.9 Å². The second-order valence-corrected chi connectivity index (χ2v) is 4.63. The lowest BCUT2D eigenvalue weighted by atomic mass is 10.4. The van der Waals surface area contributed by atoms with Crippen LogP contribution in [0.25, 0.3) is 0 Å². The molecule has 2 heterocycles. The number of hydrogen-bond acceptors (Lipinski definition) is 5. The zero-order valence-electron chi connectivity index (χ0n) is 12.0. The summed E-state index contributed by atoms with van der Waals surface area (Å²) in [5.74, 6) is -0.904. The van der Waals surface area contributed by atoms with Crippen molar-refractivity contribution in [3.63, 3.8) is 0 Å². The Kier molecular flexibility index (Phi) is 4.27. The minimum absolute atomic E-state index is 0.0273. The van der Waals surface area contributed by atoms with E-state index in [1.165, 1.54) is 12.4 Å². The van der Waals surface area contributed by atoms with Gasteiger partial charge in [0.05, 0.1) is 17.6 Å². The van der Waals surface area contributed by atoms with E-state index in [0.717, 1.165) is 11.4 Å². The topological polar surface area (TPSA) is 102 Å². The Labute approximate surface area is 121 Å². The Hall–Kier alpha value is -2.77. The van der Waals surface area contributed by atoms with Crippen LogP contribution in [-0.4, -0.2) is 31.6 Å². The minimum Gasteiger partial charge on any atom is -0.271 e. The molecule has 0 aromatic carbocycles. The fraction of sp³-hybridized carbons (Fsp3) is 0.308. The van der Waals surface area contributed by atoms with Crippen molar-refractivity contribution < 1.29 is 9.59 Å². The van der Waals surface area contributed by atoms with Gasteiger partial charge in [0.2, 0.25) is 0 Å². The van der Waals surface area contributed by atoms with Crippen molar-refractivity contribution in [2.75, 3.05) is 0 Å². The number of amides is 2. The standard InChI is InChI=1S/C13H16N6O2/c1-8-4-10(3)19(18-8)7-12(20)16-17-13(21)11-6-14-9(2)5-15-11/h4-6H,7H2,1-3H3,(H,16,20)(H,17,21). The zero-order valence-corrected chi connectivity index (χ0v) is 12.0. The maximum Gasteiger partial charge on any atom is 0.289 e. The molecule has 0 atom stereocenters. The number of hydrogen-bond donors (Lipinski definition) is 2. The monoisotopic (exact) mass is 288 g/mol. The number of aromatic nitrogens is 4. The summed E-state index contributed by atoms with van der Waals surface area (Å²) in [5, 5.41) is 4.17. The van der Waals surface area contributed by atoms with Crippen molar-refractivity contribution in [2.45, 2.75) is 27.3 Å². The third-order valence-corrected chi connectivity index (χ3v) is 2.73. The molecule has 0 saturated heterocycles. The first-order valence-corrected chi connectivity index (χ1v) is 6.34. The van der Waals surface area contributed by atoms with E-state index >= 15 is 0 Å². The van der Waals surface area contributed by atoms with Crippen LogP contribution in [0.1, 0.15) is 27.6 Å². The highest BCUT2D eigenvalue weighted by molar-refractivity contribution is 5.93. The number of nitrogens with zero attached hydrogens (tertiary/aromatic N) is 4. The van der Waals surface area contributed by atoms with Gasteiger partial charge < -0.3 is 0 Å². The molecule has 110 valence electrons. The molecular formula is C13H16N6O2. The predicted molar refractivity (Wildman–Crippen MR) is 74.1 cm³/mol. The van der Waals surface area contributed by atoms with Gasteiger partial charge in [-0.05, 0) is 26.8 Å². The highest BCUT2D eigenvalue weighted by Crippen LogP contribution is 2.00. The molecule has 0 bridgehead atoms. The lowest BCUT2D eigenvalue weighted by Gasteiger charge is -2.08. The Morgan fingerprint density at radius 3 is 2.43 bits per heavy atom. The Morgan fingerprint density at radius 1 is 1.10 bits per heavy atom. The molecule has 2 N–H and O–H groups in total. The van der Waals surface area contributed by atoms with Crippen molar-refractivity contribution in [3.05, 3.63) is 41.2 Å². The van der Waals surface area contributed by atoms with Gasteiger partial charge in [-0.2, -0.15) is 5.10 Å². The largest absolute Gasteiger partial charge is 0.289 e. The Bertz CT molecular complexity index is 662. The van der Waals surface area contributed by atoms with Crippen LogP contribution in [-0.2, 0) is 11.3 Å². The van der Waals surface area contributed by atoms with E-state index in [9.17, 15) is 9.59 Å². The molecule has 0 aliphatic rings. The summed E-state index contributed by atoms with van der Waals surface area (Å²) in [5.41, 5.74) is 7.14. The zero-order chi connectivity index (χ0) is 15.4. The van der Waals surface area contributed by atoms with E-state index in [4.69, 9.17) is 0 Å². The molecule has 8 nitrogen and oxygen atoms in total. The summed E-state index contributed by atoms with van der Waals surface area (Å²) in [6, 6.07) is 1.87. The highest BCUT2D eigenvalue weighted by atomic mass is 16.2. The molecule has 8 heteroatoms. The van der Waals surface area contributed by atoms with Crippen molar-refractivity contribution in [1.82, 2.24) is 30.6 Å². The summed E-state index contributed by atoms with van der Waals surface area (Å²) >= 11 is 0. The van der Waals surface area contributed by atoms with Crippen molar-refractivity contribution >= 4 is 11.8 Å². The molecule has 0 radical (unpaired) electrons. The fourth-order valence-corrected chi connectivity index (χ4v) is 1.71. The van der Waals surface area contributed by atoms with Gasteiger partial charge >= 0.3 is 0 Å². The first-order valence-electron chi connectivity index (χ1n) is 6.34. The fourth-order valence-electron chi connectivity index (χ4n) is 1.71. The van der Waals surface area contributed by atoms with Crippen LogP contribution in [0, 0.1) is 20.8 Å². The number of aryl methyl sites for hydroxylation is 3. The smallest absolute Gasteiger partial charge is 0.271 e. The second kappa shape index (κ2) is 6.12. The summed E-state index contributed by atoms with van der Waals surface area (Å²) in [6.45, 7) is 5.50. The van der Waals surface area contributed by atoms with E-state index in [2.05, 4.69) is 25.9 Å². The quantitative estimate of drug-likeness (QED) is 0.778. The van der Waals surface area contributed by atoms with Crippen LogP contribution >= 0.6 is 0 Å². The first kappa shape index (κ1) is 14.6. The van der Waals surface area contributed by atoms with E-state index in [-0.39, 0.29) is 18.1 Å². The lowest BCUT2D eigenvalue weighted by molar-refractivity contribution is -0.122. The van der Waals surface area contributed by atoms with E-state index in [1.807, 2.05) is 19.9 Å². The second-order valence-electron chi connectivity index (χ2n) is 4.63. The molecule has 2 amide bonds. The first-order chi connectivity index (χ1) is 9.95. The van der Waals surface area contributed by atoms with Crippen molar-refractivity contribution in [2.24, 2.45) is 0 Å². The van der Waals surface area contributed by atoms with Crippen LogP contribution in [0.15, 0.2) is 18.5 Å². The van der Waals surface area contributed by atoms with Gasteiger partial charge in [0.1, 0.15) is 12.2 Å². The average Bonchev–Trinajstić information content (AvgIpc) is 2.75. The number of rotatable bonds is 3. The van der Waals surface area contributed by atoms with Gasteiger partial charge in [-0.3, -0.25) is 30.1 Å². The summed E-state index contributed by atoms with van der Waals surface area (Å²) in [4.78, 5) is 31.3. The van der Waals surface area contributed by atoms with Crippen LogP contribution in [0.5, 0.6) is 0 Å². The molecule has 0 aliphatic carbocycles. The molecule has 0 saturated carbocycles. The molecule has 0 aliphatic heterocycles. The summed E-state index contributed by atoms with van der Waals surface area (Å²) in [7, 11) is 0. The Balaban J connectivity index is 1.87. The number of hydrazine groups is 1. The number of carbonyl (C=O) groups excluding carboxylic acids is 2. The van der Waals surface area contributed by atoms with Gasteiger partial charge in [-0.25, -0.2) is 4.98 Å². The van der Waals surface area contributed by atoms with E-state index < -0.39 is 5.91 Å². The van der Waals surface area contributed by atoms with Crippen LogP contribution in [0.2, 0.25) is 0 Å². The van der Waals surface area contributed by atoms with Crippen LogP contribution in [0.3, 0.4) is 0 Å². The molecular weight excluding hydrogens is 272 g/mol.